The summed E-state index contributed by atoms with van der Waals surface area (Å²) >= 11 is 0. The summed E-state index contributed by atoms with van der Waals surface area (Å²) in [5, 5.41) is 20.5. The van der Waals surface area contributed by atoms with Gasteiger partial charge < -0.3 is 29.2 Å². The molecule has 7 nitrogen and oxygen atoms in total. The highest BCUT2D eigenvalue weighted by molar-refractivity contribution is 5.89. The molecule has 0 saturated carbocycles. The molecule has 0 aromatic heterocycles. The second-order valence-corrected chi connectivity index (χ2v) is 6.08. The SMILES string of the molecule is CC1(C)OC[C@H]2OC(O)[C@H](OC(=O)c3ccccc3)[C@@H](O)[C@H]2O1. The monoisotopic (exact) mass is 324 g/mol. The summed E-state index contributed by atoms with van der Waals surface area (Å²) in [4.78, 5) is 12.1. The van der Waals surface area contributed by atoms with E-state index in [1.807, 2.05) is 0 Å². The number of hydrogen-bond acceptors (Lipinski definition) is 7. The van der Waals surface area contributed by atoms with Crippen LogP contribution in [0.25, 0.3) is 0 Å². The van der Waals surface area contributed by atoms with E-state index in [9.17, 15) is 15.0 Å². The van der Waals surface area contributed by atoms with Gasteiger partial charge in [-0.1, -0.05) is 18.2 Å². The van der Waals surface area contributed by atoms with Gasteiger partial charge in [0, 0.05) is 0 Å². The third kappa shape index (κ3) is 3.39. The fourth-order valence-electron chi connectivity index (χ4n) is 2.73. The number of ether oxygens (including phenoxy) is 4. The van der Waals surface area contributed by atoms with Gasteiger partial charge in [-0.25, -0.2) is 4.79 Å². The van der Waals surface area contributed by atoms with Crippen LogP contribution in [0.15, 0.2) is 30.3 Å². The molecule has 5 atom stereocenters. The average Bonchev–Trinajstić information content (AvgIpc) is 2.53. The maximum absolute atomic E-state index is 12.1. The molecule has 2 saturated heterocycles. The van der Waals surface area contributed by atoms with Gasteiger partial charge in [-0.3, -0.25) is 0 Å². The molecule has 1 aromatic carbocycles. The molecule has 2 aliphatic rings. The smallest absolute Gasteiger partial charge is 0.338 e. The number of esters is 1. The van der Waals surface area contributed by atoms with Crippen molar-refractivity contribution in [3.63, 3.8) is 0 Å². The second-order valence-electron chi connectivity index (χ2n) is 6.08. The first-order valence-corrected chi connectivity index (χ1v) is 7.47. The highest BCUT2D eigenvalue weighted by Crippen LogP contribution is 2.33. The summed E-state index contributed by atoms with van der Waals surface area (Å²) in [5.74, 6) is -1.54. The number of hydrogen-bond donors (Lipinski definition) is 2. The molecule has 0 aliphatic carbocycles. The van der Waals surface area contributed by atoms with Crippen LogP contribution in [0.1, 0.15) is 24.2 Å². The molecule has 2 aliphatic heterocycles. The predicted octanol–water partition coefficient (Wildman–Crippen LogP) is 0.442. The van der Waals surface area contributed by atoms with Gasteiger partial charge in [0.25, 0.3) is 0 Å². The lowest BCUT2D eigenvalue weighted by Crippen LogP contribution is -2.65. The van der Waals surface area contributed by atoms with Gasteiger partial charge in [0.15, 0.2) is 18.2 Å². The number of rotatable bonds is 2. The largest absolute Gasteiger partial charge is 0.450 e. The van der Waals surface area contributed by atoms with E-state index in [4.69, 9.17) is 18.9 Å². The zero-order valence-electron chi connectivity index (χ0n) is 12.9. The molecule has 1 unspecified atom stereocenters. The van der Waals surface area contributed by atoms with Crippen molar-refractivity contribution in [1.29, 1.82) is 0 Å². The van der Waals surface area contributed by atoms with Crippen molar-refractivity contribution in [2.75, 3.05) is 6.61 Å². The van der Waals surface area contributed by atoms with Crippen LogP contribution >= 0.6 is 0 Å². The molecule has 2 heterocycles. The van der Waals surface area contributed by atoms with Crippen molar-refractivity contribution in [3.05, 3.63) is 35.9 Å². The maximum Gasteiger partial charge on any atom is 0.338 e. The van der Waals surface area contributed by atoms with E-state index in [0.29, 0.717) is 5.56 Å². The van der Waals surface area contributed by atoms with Crippen LogP contribution in [0.2, 0.25) is 0 Å². The minimum Gasteiger partial charge on any atom is -0.450 e. The Kier molecular flexibility index (Phi) is 4.39. The Morgan fingerprint density at radius 2 is 1.96 bits per heavy atom. The molecule has 0 bridgehead atoms. The summed E-state index contributed by atoms with van der Waals surface area (Å²) in [6, 6.07) is 8.33. The number of fused-ring (bicyclic) bond motifs is 1. The molecule has 2 N–H and O–H groups in total. The first-order chi connectivity index (χ1) is 10.9. The molecule has 23 heavy (non-hydrogen) atoms. The molecular formula is C16H20O7. The van der Waals surface area contributed by atoms with Gasteiger partial charge in [0.1, 0.15) is 18.3 Å². The Morgan fingerprint density at radius 3 is 2.65 bits per heavy atom. The van der Waals surface area contributed by atoms with Crippen LogP contribution in [0.3, 0.4) is 0 Å². The van der Waals surface area contributed by atoms with Crippen molar-refractivity contribution in [2.24, 2.45) is 0 Å². The average molecular weight is 324 g/mol. The highest BCUT2D eigenvalue weighted by atomic mass is 16.8. The molecule has 1 aromatic rings. The van der Waals surface area contributed by atoms with E-state index in [2.05, 4.69) is 0 Å². The van der Waals surface area contributed by atoms with Crippen LogP contribution < -0.4 is 0 Å². The Balaban J connectivity index is 1.73. The van der Waals surface area contributed by atoms with Crippen molar-refractivity contribution >= 4 is 5.97 Å². The number of aliphatic hydroxyl groups excluding tert-OH is 2. The van der Waals surface area contributed by atoms with Crippen LogP contribution in [-0.4, -0.2) is 59.3 Å². The normalized spacial score (nSPS) is 36.1. The standard InChI is InChI=1S/C16H20O7/c1-16(2)20-8-10-12(23-16)11(17)13(15(19)21-10)22-14(18)9-6-4-3-5-7-9/h3-7,10-13,15,17,19H,8H2,1-2H3/t10-,11+,12+,13-,15?/m1/s1. The summed E-state index contributed by atoms with van der Waals surface area (Å²) in [5.41, 5.74) is 0.322. The van der Waals surface area contributed by atoms with Crippen LogP contribution in [-0.2, 0) is 18.9 Å². The number of benzene rings is 1. The first-order valence-electron chi connectivity index (χ1n) is 7.47. The fourth-order valence-corrected chi connectivity index (χ4v) is 2.73. The third-order valence-corrected chi connectivity index (χ3v) is 3.90. The lowest BCUT2D eigenvalue weighted by atomic mass is 9.97. The summed E-state index contributed by atoms with van der Waals surface area (Å²) in [6.45, 7) is 3.60. The quantitative estimate of drug-likeness (QED) is 0.762. The minimum absolute atomic E-state index is 0.172. The molecule has 126 valence electrons. The highest BCUT2D eigenvalue weighted by Gasteiger charge is 2.52. The van der Waals surface area contributed by atoms with Crippen LogP contribution in [0.5, 0.6) is 0 Å². The van der Waals surface area contributed by atoms with Gasteiger partial charge in [-0.15, -0.1) is 0 Å². The Hall–Kier alpha value is -1.51. The first kappa shape index (κ1) is 16.4. The number of carbonyl (C=O) groups excluding carboxylic acids is 1. The van der Waals surface area contributed by atoms with Gasteiger partial charge in [0.05, 0.1) is 12.2 Å². The molecular weight excluding hydrogens is 304 g/mol. The van der Waals surface area contributed by atoms with E-state index < -0.39 is 42.5 Å². The predicted molar refractivity (Wildman–Crippen MR) is 77.4 cm³/mol. The van der Waals surface area contributed by atoms with E-state index in [-0.39, 0.29) is 6.61 Å². The van der Waals surface area contributed by atoms with Gasteiger partial charge >= 0.3 is 5.97 Å². The number of aliphatic hydroxyl groups is 2. The molecule has 0 spiro atoms. The van der Waals surface area contributed by atoms with Crippen molar-refractivity contribution in [3.8, 4) is 0 Å². The van der Waals surface area contributed by atoms with Crippen molar-refractivity contribution in [2.45, 2.75) is 50.3 Å². The van der Waals surface area contributed by atoms with Gasteiger partial charge in [-0.05, 0) is 26.0 Å². The van der Waals surface area contributed by atoms with Crippen molar-refractivity contribution < 1.29 is 34.0 Å². The van der Waals surface area contributed by atoms with E-state index in [1.54, 1.807) is 44.2 Å². The van der Waals surface area contributed by atoms with Gasteiger partial charge in [-0.2, -0.15) is 0 Å². The van der Waals surface area contributed by atoms with Gasteiger partial charge in [0.2, 0.25) is 0 Å². The topological polar surface area (TPSA) is 94.5 Å². The van der Waals surface area contributed by atoms with E-state index >= 15 is 0 Å². The number of carbonyl (C=O) groups is 1. The molecule has 2 fully saturated rings. The Labute approximate surface area is 133 Å². The maximum atomic E-state index is 12.1. The lowest BCUT2D eigenvalue weighted by Gasteiger charge is -2.48. The minimum atomic E-state index is -1.45. The second kappa shape index (κ2) is 6.18. The molecule has 7 heteroatoms. The zero-order valence-corrected chi connectivity index (χ0v) is 12.9. The summed E-state index contributed by atoms with van der Waals surface area (Å²) < 4.78 is 21.7. The summed E-state index contributed by atoms with van der Waals surface area (Å²) in [6.07, 6.45) is -5.29. The Morgan fingerprint density at radius 1 is 1.26 bits per heavy atom. The Bertz CT molecular complexity index is 559. The van der Waals surface area contributed by atoms with E-state index in [0.717, 1.165) is 0 Å². The lowest BCUT2D eigenvalue weighted by molar-refractivity contribution is -0.376. The van der Waals surface area contributed by atoms with Crippen LogP contribution in [0, 0.1) is 0 Å². The molecule has 0 amide bonds. The molecule has 0 radical (unpaired) electrons. The van der Waals surface area contributed by atoms with E-state index in [1.165, 1.54) is 0 Å². The molecule has 3 rings (SSSR count). The van der Waals surface area contributed by atoms with Crippen molar-refractivity contribution in [1.82, 2.24) is 0 Å². The summed E-state index contributed by atoms with van der Waals surface area (Å²) in [7, 11) is 0. The zero-order chi connectivity index (χ0) is 16.6. The fraction of sp³-hybridized carbons (Fsp3) is 0.562. The third-order valence-electron chi connectivity index (χ3n) is 3.90. The van der Waals surface area contributed by atoms with Crippen LogP contribution in [0.4, 0.5) is 0 Å².